The summed E-state index contributed by atoms with van der Waals surface area (Å²) in [5, 5.41) is 2.61. The van der Waals surface area contributed by atoms with Crippen molar-refractivity contribution in [1.82, 2.24) is 5.32 Å². The summed E-state index contributed by atoms with van der Waals surface area (Å²) in [7, 11) is 3.20. The fourth-order valence-corrected chi connectivity index (χ4v) is 2.87. The normalized spacial score (nSPS) is 19.6. The van der Waals surface area contributed by atoms with Crippen molar-refractivity contribution in [1.29, 1.82) is 0 Å². The van der Waals surface area contributed by atoms with Crippen molar-refractivity contribution in [2.45, 2.75) is 12.0 Å². The zero-order valence-electron chi connectivity index (χ0n) is 13.6. The van der Waals surface area contributed by atoms with Gasteiger partial charge < -0.3 is 15.2 Å². The minimum Gasteiger partial charge on any atom is -0.497 e. The van der Waals surface area contributed by atoms with Crippen molar-refractivity contribution in [3.63, 3.8) is 0 Å². The lowest BCUT2D eigenvalue weighted by Gasteiger charge is -2.24. The minimum atomic E-state index is -1.09. The van der Waals surface area contributed by atoms with Crippen LogP contribution in [0.2, 0.25) is 0 Å². The molecule has 0 spiro atoms. The number of ether oxygens (including phenoxy) is 2. The topological polar surface area (TPSA) is 85.9 Å². The van der Waals surface area contributed by atoms with Crippen LogP contribution in [0.1, 0.15) is 11.1 Å². The Morgan fingerprint density at radius 2 is 1.79 bits per heavy atom. The second-order valence-corrected chi connectivity index (χ2v) is 5.57. The summed E-state index contributed by atoms with van der Waals surface area (Å²) in [4.78, 5) is 17.1. The molecule has 24 heavy (non-hydrogen) atoms. The Morgan fingerprint density at radius 1 is 1.08 bits per heavy atom. The molecule has 3 rings (SSSR count). The Kier molecular flexibility index (Phi) is 4.12. The van der Waals surface area contributed by atoms with Gasteiger partial charge >= 0.3 is 0 Å². The molecule has 6 heteroatoms. The predicted molar refractivity (Wildman–Crippen MR) is 91.1 cm³/mol. The maximum Gasteiger partial charge on any atom is 0.259 e. The van der Waals surface area contributed by atoms with Crippen LogP contribution in [-0.4, -0.2) is 26.1 Å². The second kappa shape index (κ2) is 6.23. The van der Waals surface area contributed by atoms with Gasteiger partial charge in [0.2, 0.25) is 0 Å². The number of nitrogens with two attached hydrogens (primary N) is 1. The zero-order valence-corrected chi connectivity index (χ0v) is 13.6. The quantitative estimate of drug-likeness (QED) is 0.874. The summed E-state index contributed by atoms with van der Waals surface area (Å²) < 4.78 is 10.4. The molecule has 2 aromatic rings. The molecule has 1 heterocycles. The van der Waals surface area contributed by atoms with E-state index in [4.69, 9.17) is 15.2 Å². The van der Waals surface area contributed by atoms with Crippen LogP contribution in [0.25, 0.3) is 0 Å². The van der Waals surface area contributed by atoms with Gasteiger partial charge in [-0.3, -0.25) is 10.1 Å². The molecule has 124 valence electrons. The van der Waals surface area contributed by atoms with Crippen molar-refractivity contribution in [3.05, 3.63) is 59.7 Å². The predicted octanol–water partition coefficient (Wildman–Crippen LogP) is 1.59. The Bertz CT molecular complexity index is 786. The number of aliphatic imine (C=N–C) groups is 1. The van der Waals surface area contributed by atoms with E-state index in [-0.39, 0.29) is 11.9 Å². The smallest absolute Gasteiger partial charge is 0.259 e. The van der Waals surface area contributed by atoms with Gasteiger partial charge in [0.15, 0.2) is 11.5 Å². The molecule has 0 bridgehead atoms. The number of guanidine groups is 1. The number of methoxy groups -OCH3 is 2. The van der Waals surface area contributed by atoms with Gasteiger partial charge in [-0.25, -0.2) is 4.99 Å². The molecular formula is C18H19N3O3. The van der Waals surface area contributed by atoms with Gasteiger partial charge in [-0.2, -0.15) is 0 Å². The molecule has 0 aromatic heterocycles. The molecule has 1 aliphatic heterocycles. The Balaban J connectivity index is 2.04. The number of nitrogens with zero attached hydrogens (tertiary/aromatic N) is 1. The number of hydrogen-bond acceptors (Lipinski definition) is 5. The fraction of sp³-hybridized carbons (Fsp3) is 0.222. The van der Waals surface area contributed by atoms with E-state index >= 15 is 0 Å². The second-order valence-electron chi connectivity index (χ2n) is 5.57. The highest BCUT2D eigenvalue weighted by atomic mass is 16.5. The van der Waals surface area contributed by atoms with Crippen molar-refractivity contribution in [3.8, 4) is 11.5 Å². The van der Waals surface area contributed by atoms with Crippen LogP contribution in [0.5, 0.6) is 11.5 Å². The number of carbonyl (C=O) groups excluding carboxylic acids is 1. The SMILES string of the molecule is COc1ccc([C@]2(Cc3cccc(OC)c3)N=C(N)NC2=O)cc1. The first-order valence-corrected chi connectivity index (χ1v) is 7.51. The van der Waals surface area contributed by atoms with Crippen molar-refractivity contribution >= 4 is 11.9 Å². The van der Waals surface area contributed by atoms with E-state index in [0.29, 0.717) is 12.2 Å². The lowest BCUT2D eigenvalue weighted by molar-refractivity contribution is -0.124. The number of benzene rings is 2. The molecule has 1 aliphatic rings. The molecule has 1 atom stereocenters. The van der Waals surface area contributed by atoms with E-state index in [0.717, 1.165) is 16.9 Å². The molecule has 0 radical (unpaired) electrons. The van der Waals surface area contributed by atoms with Crippen molar-refractivity contribution in [2.24, 2.45) is 10.7 Å². The minimum absolute atomic E-state index is 0.124. The number of hydrogen-bond donors (Lipinski definition) is 2. The fourth-order valence-electron chi connectivity index (χ4n) is 2.87. The van der Waals surface area contributed by atoms with Crippen LogP contribution in [-0.2, 0) is 16.8 Å². The first-order chi connectivity index (χ1) is 11.6. The van der Waals surface area contributed by atoms with Crippen LogP contribution in [0.3, 0.4) is 0 Å². The molecule has 3 N–H and O–H groups in total. The maximum absolute atomic E-state index is 12.7. The highest BCUT2D eigenvalue weighted by Crippen LogP contribution is 2.34. The van der Waals surface area contributed by atoms with E-state index in [9.17, 15) is 4.79 Å². The monoisotopic (exact) mass is 325 g/mol. The summed E-state index contributed by atoms with van der Waals surface area (Å²) in [6.07, 6.45) is 0.378. The number of rotatable bonds is 5. The number of carbonyl (C=O) groups is 1. The summed E-state index contributed by atoms with van der Waals surface area (Å²) >= 11 is 0. The largest absolute Gasteiger partial charge is 0.497 e. The van der Waals surface area contributed by atoms with Crippen LogP contribution in [0, 0.1) is 0 Å². The van der Waals surface area contributed by atoms with Crippen LogP contribution in [0.4, 0.5) is 0 Å². The van der Waals surface area contributed by atoms with Crippen LogP contribution >= 0.6 is 0 Å². The number of nitrogens with one attached hydrogen (secondary N) is 1. The third kappa shape index (κ3) is 2.78. The van der Waals surface area contributed by atoms with Gasteiger partial charge in [0, 0.05) is 6.42 Å². The van der Waals surface area contributed by atoms with Gasteiger partial charge in [-0.05, 0) is 35.4 Å². The summed E-state index contributed by atoms with van der Waals surface area (Å²) in [5.74, 6) is 1.32. The standard InChI is InChI=1S/C18H19N3O3/c1-23-14-8-6-13(7-9-14)18(16(22)20-17(19)21-18)11-12-4-3-5-15(10-12)24-2/h3-10H,11H2,1-2H3,(H3,19,20,21,22)/t18-/m0/s1. The average Bonchev–Trinajstić information content (AvgIpc) is 2.89. The van der Waals surface area contributed by atoms with Gasteiger partial charge in [-0.1, -0.05) is 24.3 Å². The molecule has 1 amide bonds. The molecular weight excluding hydrogens is 306 g/mol. The molecule has 0 aliphatic carbocycles. The van der Waals surface area contributed by atoms with E-state index in [1.807, 2.05) is 36.4 Å². The maximum atomic E-state index is 12.7. The van der Waals surface area contributed by atoms with E-state index in [1.54, 1.807) is 26.4 Å². The van der Waals surface area contributed by atoms with Gasteiger partial charge in [-0.15, -0.1) is 0 Å². The first-order valence-electron chi connectivity index (χ1n) is 7.51. The summed E-state index contributed by atoms with van der Waals surface area (Å²) in [6, 6.07) is 14.8. The van der Waals surface area contributed by atoms with Crippen LogP contribution < -0.4 is 20.5 Å². The Morgan fingerprint density at radius 3 is 2.38 bits per heavy atom. The van der Waals surface area contributed by atoms with Crippen LogP contribution in [0.15, 0.2) is 53.5 Å². The first kappa shape index (κ1) is 15.9. The Labute approximate surface area is 140 Å². The van der Waals surface area contributed by atoms with Crippen molar-refractivity contribution < 1.29 is 14.3 Å². The molecule has 0 unspecified atom stereocenters. The molecule has 0 saturated heterocycles. The molecule has 0 fully saturated rings. The lowest BCUT2D eigenvalue weighted by Crippen LogP contribution is -2.40. The van der Waals surface area contributed by atoms with E-state index in [2.05, 4.69) is 10.3 Å². The molecule has 0 saturated carbocycles. The third-order valence-corrected chi connectivity index (χ3v) is 4.09. The molecule has 2 aromatic carbocycles. The van der Waals surface area contributed by atoms with E-state index in [1.165, 1.54) is 0 Å². The third-order valence-electron chi connectivity index (χ3n) is 4.09. The average molecular weight is 325 g/mol. The molecule has 6 nitrogen and oxygen atoms in total. The van der Waals surface area contributed by atoms with Crippen molar-refractivity contribution in [2.75, 3.05) is 14.2 Å². The van der Waals surface area contributed by atoms with Gasteiger partial charge in [0.05, 0.1) is 14.2 Å². The Hall–Kier alpha value is -3.02. The van der Waals surface area contributed by atoms with Gasteiger partial charge in [0.1, 0.15) is 11.5 Å². The van der Waals surface area contributed by atoms with Gasteiger partial charge in [0.25, 0.3) is 5.91 Å². The summed E-state index contributed by atoms with van der Waals surface area (Å²) in [5.41, 5.74) is 6.36. The highest BCUT2D eigenvalue weighted by molar-refractivity contribution is 6.07. The zero-order chi connectivity index (χ0) is 17.2. The highest BCUT2D eigenvalue weighted by Gasteiger charge is 2.45. The lowest BCUT2D eigenvalue weighted by atomic mass is 9.84. The number of amides is 1. The summed E-state index contributed by atoms with van der Waals surface area (Å²) in [6.45, 7) is 0. The van der Waals surface area contributed by atoms with E-state index < -0.39 is 5.54 Å².